The Bertz CT molecular complexity index is 714. The number of ether oxygens (including phenoxy) is 1. The Morgan fingerprint density at radius 2 is 1.77 bits per heavy atom. The summed E-state index contributed by atoms with van der Waals surface area (Å²) in [5.41, 5.74) is 2.98. The third-order valence-corrected chi connectivity index (χ3v) is 4.83. The van der Waals surface area contributed by atoms with Crippen molar-refractivity contribution in [3.63, 3.8) is 0 Å². The van der Waals surface area contributed by atoms with Crippen molar-refractivity contribution in [3.8, 4) is 5.75 Å². The highest BCUT2D eigenvalue weighted by Crippen LogP contribution is 2.47. The Morgan fingerprint density at radius 1 is 1.04 bits per heavy atom. The van der Waals surface area contributed by atoms with Gasteiger partial charge in [-0.05, 0) is 47.9 Å². The average molecular weight is 465 g/mol. The molecule has 1 aliphatic carbocycles. The molecule has 4 nitrogen and oxygen atoms in total. The van der Waals surface area contributed by atoms with Crippen molar-refractivity contribution in [1.29, 1.82) is 0 Å². The normalized spacial score (nSPS) is 14.9. The minimum atomic E-state index is 0. The van der Waals surface area contributed by atoms with E-state index in [4.69, 9.17) is 4.74 Å². The average Bonchev–Trinajstić information content (AvgIpc) is 3.42. The third kappa shape index (κ3) is 5.90. The van der Waals surface area contributed by atoms with Crippen LogP contribution in [0, 0.1) is 5.41 Å². The first kappa shape index (κ1) is 20.6. The quantitative estimate of drug-likeness (QED) is 0.369. The highest BCUT2D eigenvalue weighted by molar-refractivity contribution is 14.0. The van der Waals surface area contributed by atoms with Crippen molar-refractivity contribution in [2.75, 3.05) is 20.7 Å². The van der Waals surface area contributed by atoms with Gasteiger partial charge in [-0.1, -0.05) is 42.5 Å². The largest absolute Gasteiger partial charge is 0.497 e. The van der Waals surface area contributed by atoms with E-state index in [2.05, 4.69) is 52.0 Å². The maximum atomic E-state index is 5.27. The van der Waals surface area contributed by atoms with Crippen LogP contribution < -0.4 is 15.4 Å². The summed E-state index contributed by atoms with van der Waals surface area (Å²) in [5.74, 6) is 1.73. The zero-order valence-electron chi connectivity index (χ0n) is 15.5. The molecule has 0 aromatic heterocycles. The molecule has 0 radical (unpaired) electrons. The number of methoxy groups -OCH3 is 1. The first-order valence-corrected chi connectivity index (χ1v) is 8.84. The number of aliphatic imine (C=N–C) groups is 1. The van der Waals surface area contributed by atoms with Crippen molar-refractivity contribution < 1.29 is 4.74 Å². The number of hydrogen-bond donors (Lipinski definition) is 2. The lowest BCUT2D eigenvalue weighted by Crippen LogP contribution is -2.40. The van der Waals surface area contributed by atoms with E-state index in [9.17, 15) is 0 Å². The van der Waals surface area contributed by atoms with Crippen LogP contribution in [0.1, 0.15) is 24.0 Å². The maximum Gasteiger partial charge on any atom is 0.191 e. The molecule has 1 aliphatic rings. The Balaban J connectivity index is 0.00000243. The van der Waals surface area contributed by atoms with Crippen molar-refractivity contribution in [1.82, 2.24) is 10.6 Å². The molecule has 1 saturated carbocycles. The predicted octanol–water partition coefficient (Wildman–Crippen LogP) is 4.00. The molecular weight excluding hydrogens is 437 g/mol. The Labute approximate surface area is 173 Å². The molecule has 0 amide bonds. The Morgan fingerprint density at radius 3 is 2.42 bits per heavy atom. The molecule has 140 valence electrons. The SMILES string of the molecule is CN=C(NCc1cccc(OC)c1)NCC1(Cc2ccccc2)CC1.I. The summed E-state index contributed by atoms with van der Waals surface area (Å²) in [5, 5.41) is 6.88. The lowest BCUT2D eigenvalue weighted by molar-refractivity contribution is 0.414. The molecule has 0 spiro atoms. The topological polar surface area (TPSA) is 45.7 Å². The van der Waals surface area contributed by atoms with Crippen LogP contribution in [0.3, 0.4) is 0 Å². The molecule has 0 aliphatic heterocycles. The summed E-state index contributed by atoms with van der Waals surface area (Å²) in [6.45, 7) is 1.68. The minimum absolute atomic E-state index is 0. The number of halogens is 1. The van der Waals surface area contributed by atoms with E-state index < -0.39 is 0 Å². The van der Waals surface area contributed by atoms with Gasteiger partial charge in [0.2, 0.25) is 0 Å². The lowest BCUT2D eigenvalue weighted by Gasteiger charge is -2.19. The van der Waals surface area contributed by atoms with Crippen molar-refractivity contribution in [2.45, 2.75) is 25.8 Å². The summed E-state index contributed by atoms with van der Waals surface area (Å²) >= 11 is 0. The van der Waals surface area contributed by atoms with Gasteiger partial charge >= 0.3 is 0 Å². The molecule has 1 fully saturated rings. The van der Waals surface area contributed by atoms with Gasteiger partial charge < -0.3 is 15.4 Å². The number of hydrogen-bond acceptors (Lipinski definition) is 2. The molecule has 0 bridgehead atoms. The molecule has 2 aromatic carbocycles. The zero-order valence-corrected chi connectivity index (χ0v) is 17.8. The maximum absolute atomic E-state index is 5.27. The Hall–Kier alpha value is -1.76. The van der Waals surface area contributed by atoms with Gasteiger partial charge in [-0.25, -0.2) is 0 Å². The zero-order chi connectivity index (χ0) is 17.5. The van der Waals surface area contributed by atoms with Crippen LogP contribution in [0.4, 0.5) is 0 Å². The fraction of sp³-hybridized carbons (Fsp3) is 0.381. The summed E-state index contributed by atoms with van der Waals surface area (Å²) < 4.78 is 5.27. The molecule has 2 aromatic rings. The van der Waals surface area contributed by atoms with E-state index in [0.717, 1.165) is 31.2 Å². The monoisotopic (exact) mass is 465 g/mol. The molecule has 2 N–H and O–H groups in total. The molecule has 0 heterocycles. The summed E-state index contributed by atoms with van der Waals surface area (Å²) in [7, 11) is 3.51. The number of nitrogens with zero attached hydrogens (tertiary/aromatic N) is 1. The second kappa shape index (κ2) is 9.80. The molecule has 5 heteroatoms. The van der Waals surface area contributed by atoms with Gasteiger partial charge in [-0.3, -0.25) is 4.99 Å². The third-order valence-electron chi connectivity index (χ3n) is 4.83. The summed E-state index contributed by atoms with van der Waals surface area (Å²) in [6.07, 6.45) is 3.69. The van der Waals surface area contributed by atoms with Crippen LogP contribution in [0.25, 0.3) is 0 Å². The van der Waals surface area contributed by atoms with E-state index in [1.807, 2.05) is 25.2 Å². The van der Waals surface area contributed by atoms with Gasteiger partial charge in [0.05, 0.1) is 7.11 Å². The van der Waals surface area contributed by atoms with Crippen molar-refractivity contribution >= 4 is 29.9 Å². The molecule has 0 atom stereocenters. The van der Waals surface area contributed by atoms with Crippen LogP contribution in [-0.2, 0) is 13.0 Å². The van der Waals surface area contributed by atoms with E-state index >= 15 is 0 Å². The van der Waals surface area contributed by atoms with Crippen LogP contribution in [0.2, 0.25) is 0 Å². The van der Waals surface area contributed by atoms with Crippen molar-refractivity contribution in [3.05, 3.63) is 65.7 Å². The predicted molar refractivity (Wildman–Crippen MR) is 118 cm³/mol. The van der Waals surface area contributed by atoms with E-state index in [1.165, 1.54) is 24.0 Å². The number of nitrogens with one attached hydrogen (secondary N) is 2. The molecule has 0 saturated heterocycles. The molecular formula is C21H28IN3O. The van der Waals surface area contributed by atoms with E-state index in [1.54, 1.807) is 7.11 Å². The van der Waals surface area contributed by atoms with E-state index in [0.29, 0.717) is 5.41 Å². The van der Waals surface area contributed by atoms with E-state index in [-0.39, 0.29) is 24.0 Å². The van der Waals surface area contributed by atoms with Crippen LogP contribution >= 0.6 is 24.0 Å². The molecule has 26 heavy (non-hydrogen) atoms. The van der Waals surface area contributed by atoms with Gasteiger partial charge in [-0.15, -0.1) is 24.0 Å². The first-order valence-electron chi connectivity index (χ1n) is 8.84. The van der Waals surface area contributed by atoms with Crippen LogP contribution in [0.5, 0.6) is 5.75 Å². The van der Waals surface area contributed by atoms with Gasteiger partial charge in [0.15, 0.2) is 5.96 Å². The van der Waals surface area contributed by atoms with Crippen molar-refractivity contribution in [2.24, 2.45) is 10.4 Å². The number of guanidine groups is 1. The standard InChI is InChI=1S/C21H27N3O.HI/c1-22-20(23-15-18-9-6-10-19(13-18)25-2)24-16-21(11-12-21)14-17-7-4-3-5-8-17;/h3-10,13H,11-12,14-16H2,1-2H3,(H2,22,23,24);1H. The minimum Gasteiger partial charge on any atom is -0.497 e. The molecule has 0 unspecified atom stereocenters. The smallest absolute Gasteiger partial charge is 0.191 e. The van der Waals surface area contributed by atoms with Crippen LogP contribution in [-0.4, -0.2) is 26.7 Å². The second-order valence-corrected chi connectivity index (χ2v) is 6.79. The lowest BCUT2D eigenvalue weighted by atomic mass is 9.96. The van der Waals surface area contributed by atoms with Gasteiger partial charge in [0.25, 0.3) is 0 Å². The summed E-state index contributed by atoms with van der Waals surface area (Å²) in [4.78, 5) is 4.35. The molecule has 3 rings (SSSR count). The second-order valence-electron chi connectivity index (χ2n) is 6.79. The van der Waals surface area contributed by atoms with Gasteiger partial charge in [0, 0.05) is 20.1 Å². The summed E-state index contributed by atoms with van der Waals surface area (Å²) in [6, 6.07) is 18.8. The Kier molecular flexibility index (Phi) is 7.75. The fourth-order valence-electron chi connectivity index (χ4n) is 3.08. The van der Waals surface area contributed by atoms with Gasteiger partial charge in [0.1, 0.15) is 5.75 Å². The number of rotatable bonds is 7. The fourth-order valence-corrected chi connectivity index (χ4v) is 3.08. The highest BCUT2D eigenvalue weighted by atomic mass is 127. The number of benzene rings is 2. The van der Waals surface area contributed by atoms with Crippen LogP contribution in [0.15, 0.2) is 59.6 Å². The first-order chi connectivity index (χ1) is 12.2. The van der Waals surface area contributed by atoms with Gasteiger partial charge in [-0.2, -0.15) is 0 Å². The highest BCUT2D eigenvalue weighted by Gasteiger charge is 2.42.